The van der Waals surface area contributed by atoms with Gasteiger partial charge in [-0.1, -0.05) is 0 Å². The molecule has 0 spiro atoms. The second-order valence-corrected chi connectivity index (χ2v) is 6.09. The van der Waals surface area contributed by atoms with Gasteiger partial charge in [0.2, 0.25) is 0 Å². The Labute approximate surface area is 110 Å². The molecule has 1 aliphatic carbocycles. The monoisotopic (exact) mass is 251 g/mol. The summed E-state index contributed by atoms with van der Waals surface area (Å²) in [6.45, 7) is 5.33. The average molecular weight is 251 g/mol. The van der Waals surface area contributed by atoms with Crippen molar-refractivity contribution in [3.05, 3.63) is 0 Å². The van der Waals surface area contributed by atoms with E-state index in [-0.39, 0.29) is 6.03 Å². The van der Waals surface area contributed by atoms with E-state index in [1.807, 2.05) is 4.90 Å². The van der Waals surface area contributed by atoms with Crippen LogP contribution in [0.2, 0.25) is 0 Å². The van der Waals surface area contributed by atoms with Gasteiger partial charge in [-0.2, -0.15) is 0 Å². The summed E-state index contributed by atoms with van der Waals surface area (Å²) in [5.41, 5.74) is 0. The highest BCUT2D eigenvalue weighted by Gasteiger charge is 2.29. The smallest absolute Gasteiger partial charge is 0.317 e. The minimum atomic E-state index is 0.168. The SMILES string of the molecule is O=C(NCC1CC1)N1CCC(N2CCCC2)CC1. The third-order valence-corrected chi connectivity index (χ3v) is 4.65. The van der Waals surface area contributed by atoms with Gasteiger partial charge in [0, 0.05) is 25.7 Å². The van der Waals surface area contributed by atoms with Gasteiger partial charge < -0.3 is 15.1 Å². The van der Waals surface area contributed by atoms with Crippen LogP contribution in [-0.2, 0) is 0 Å². The molecule has 2 saturated heterocycles. The molecule has 1 saturated carbocycles. The van der Waals surface area contributed by atoms with Crippen LogP contribution >= 0.6 is 0 Å². The van der Waals surface area contributed by atoms with Crippen molar-refractivity contribution >= 4 is 6.03 Å². The summed E-state index contributed by atoms with van der Waals surface area (Å²) in [6.07, 6.45) is 7.66. The van der Waals surface area contributed by atoms with Gasteiger partial charge in [-0.15, -0.1) is 0 Å². The Kier molecular flexibility index (Phi) is 3.73. The van der Waals surface area contributed by atoms with Crippen molar-refractivity contribution in [3.8, 4) is 0 Å². The first-order valence-corrected chi connectivity index (χ1v) is 7.60. The molecular formula is C14H25N3O. The number of rotatable bonds is 3. The molecule has 102 valence electrons. The highest BCUT2D eigenvalue weighted by Crippen LogP contribution is 2.27. The molecule has 0 radical (unpaired) electrons. The van der Waals surface area contributed by atoms with Crippen LogP contribution in [0.1, 0.15) is 38.5 Å². The molecule has 1 N–H and O–H groups in total. The molecule has 0 aromatic carbocycles. The van der Waals surface area contributed by atoms with E-state index in [0.29, 0.717) is 0 Å². The number of hydrogen-bond donors (Lipinski definition) is 1. The number of urea groups is 1. The summed E-state index contributed by atoms with van der Waals surface area (Å²) < 4.78 is 0. The van der Waals surface area contributed by atoms with E-state index in [1.54, 1.807) is 0 Å². The summed E-state index contributed by atoms with van der Waals surface area (Å²) >= 11 is 0. The molecule has 0 bridgehead atoms. The number of carbonyl (C=O) groups excluding carboxylic acids is 1. The fourth-order valence-corrected chi connectivity index (χ4v) is 3.21. The first kappa shape index (κ1) is 12.3. The van der Waals surface area contributed by atoms with Gasteiger partial charge in [0.1, 0.15) is 0 Å². The maximum atomic E-state index is 12.0. The molecule has 4 nitrogen and oxygen atoms in total. The summed E-state index contributed by atoms with van der Waals surface area (Å²) in [5.74, 6) is 0.774. The lowest BCUT2D eigenvalue weighted by molar-refractivity contribution is 0.134. The quantitative estimate of drug-likeness (QED) is 0.828. The first-order chi connectivity index (χ1) is 8.83. The fraction of sp³-hybridized carbons (Fsp3) is 0.929. The van der Waals surface area contributed by atoms with E-state index < -0.39 is 0 Å². The van der Waals surface area contributed by atoms with Crippen LogP contribution in [0.5, 0.6) is 0 Å². The molecular weight excluding hydrogens is 226 g/mol. The number of carbonyl (C=O) groups is 1. The van der Waals surface area contributed by atoms with Crippen LogP contribution in [0.15, 0.2) is 0 Å². The zero-order chi connectivity index (χ0) is 12.4. The highest BCUT2D eigenvalue weighted by molar-refractivity contribution is 5.74. The number of hydrogen-bond acceptors (Lipinski definition) is 2. The van der Waals surface area contributed by atoms with E-state index in [9.17, 15) is 4.79 Å². The van der Waals surface area contributed by atoms with Gasteiger partial charge in [-0.3, -0.25) is 0 Å². The molecule has 4 heteroatoms. The maximum Gasteiger partial charge on any atom is 0.317 e. The zero-order valence-corrected chi connectivity index (χ0v) is 11.2. The molecule has 3 fully saturated rings. The van der Waals surface area contributed by atoms with Gasteiger partial charge in [-0.05, 0) is 57.5 Å². The molecule has 0 atom stereocenters. The lowest BCUT2D eigenvalue weighted by atomic mass is 10.0. The Morgan fingerprint density at radius 3 is 2.28 bits per heavy atom. The average Bonchev–Trinajstić information content (AvgIpc) is 3.08. The van der Waals surface area contributed by atoms with E-state index >= 15 is 0 Å². The Bertz CT molecular complexity index is 289. The fourth-order valence-electron chi connectivity index (χ4n) is 3.21. The van der Waals surface area contributed by atoms with Gasteiger partial charge in [0.25, 0.3) is 0 Å². The van der Waals surface area contributed by atoms with Crippen LogP contribution in [0.25, 0.3) is 0 Å². The summed E-state index contributed by atoms with van der Waals surface area (Å²) in [6, 6.07) is 0.904. The van der Waals surface area contributed by atoms with Crippen LogP contribution in [-0.4, -0.2) is 54.6 Å². The van der Waals surface area contributed by atoms with E-state index in [4.69, 9.17) is 0 Å². The lowest BCUT2D eigenvalue weighted by Gasteiger charge is -2.36. The van der Waals surface area contributed by atoms with Gasteiger partial charge in [-0.25, -0.2) is 4.79 Å². The summed E-state index contributed by atoms with van der Waals surface area (Å²) in [5, 5.41) is 3.07. The number of nitrogens with zero attached hydrogens (tertiary/aromatic N) is 2. The summed E-state index contributed by atoms with van der Waals surface area (Å²) in [7, 11) is 0. The number of likely N-dealkylation sites (tertiary alicyclic amines) is 2. The molecule has 2 heterocycles. The Hall–Kier alpha value is -0.770. The maximum absolute atomic E-state index is 12.0. The van der Waals surface area contributed by atoms with Crippen LogP contribution in [0, 0.1) is 5.92 Å². The van der Waals surface area contributed by atoms with Gasteiger partial charge in [0.15, 0.2) is 0 Å². The molecule has 2 aliphatic heterocycles. The predicted octanol–water partition coefficient (Wildman–Crippen LogP) is 1.67. The minimum absolute atomic E-state index is 0.168. The van der Waals surface area contributed by atoms with E-state index in [0.717, 1.165) is 44.4 Å². The molecule has 0 unspecified atom stereocenters. The summed E-state index contributed by atoms with van der Waals surface area (Å²) in [4.78, 5) is 16.6. The van der Waals surface area contributed by atoms with Crippen LogP contribution in [0.4, 0.5) is 4.79 Å². The van der Waals surface area contributed by atoms with Crippen molar-refractivity contribution in [2.75, 3.05) is 32.7 Å². The molecule has 18 heavy (non-hydrogen) atoms. The van der Waals surface area contributed by atoms with Gasteiger partial charge in [0.05, 0.1) is 0 Å². The van der Waals surface area contributed by atoms with Crippen molar-refractivity contribution in [3.63, 3.8) is 0 Å². The van der Waals surface area contributed by atoms with E-state index in [1.165, 1.54) is 38.8 Å². The largest absolute Gasteiger partial charge is 0.338 e. The second kappa shape index (κ2) is 5.47. The van der Waals surface area contributed by atoms with Crippen molar-refractivity contribution in [1.82, 2.24) is 15.1 Å². The van der Waals surface area contributed by atoms with Crippen molar-refractivity contribution in [2.45, 2.75) is 44.6 Å². The lowest BCUT2D eigenvalue weighted by Crippen LogP contribution is -2.49. The van der Waals surface area contributed by atoms with Crippen LogP contribution < -0.4 is 5.32 Å². The second-order valence-electron chi connectivity index (χ2n) is 6.09. The van der Waals surface area contributed by atoms with E-state index in [2.05, 4.69) is 10.2 Å². The Balaban J connectivity index is 1.39. The minimum Gasteiger partial charge on any atom is -0.338 e. The molecule has 3 aliphatic rings. The van der Waals surface area contributed by atoms with Crippen LogP contribution in [0.3, 0.4) is 0 Å². The Morgan fingerprint density at radius 2 is 1.67 bits per heavy atom. The normalized spacial score (nSPS) is 26.6. The van der Waals surface area contributed by atoms with Crippen molar-refractivity contribution in [1.29, 1.82) is 0 Å². The van der Waals surface area contributed by atoms with Crippen molar-refractivity contribution < 1.29 is 4.79 Å². The van der Waals surface area contributed by atoms with Crippen molar-refractivity contribution in [2.24, 2.45) is 5.92 Å². The topological polar surface area (TPSA) is 35.6 Å². The first-order valence-electron chi connectivity index (χ1n) is 7.60. The Morgan fingerprint density at radius 1 is 1.00 bits per heavy atom. The molecule has 0 aromatic heterocycles. The third kappa shape index (κ3) is 2.97. The zero-order valence-electron chi connectivity index (χ0n) is 11.2. The highest BCUT2D eigenvalue weighted by atomic mass is 16.2. The molecule has 3 rings (SSSR count). The predicted molar refractivity (Wildman–Crippen MR) is 71.5 cm³/mol. The number of piperidine rings is 1. The molecule has 0 aromatic rings. The molecule has 2 amide bonds. The third-order valence-electron chi connectivity index (χ3n) is 4.65. The standard InChI is InChI=1S/C14H25N3O/c18-14(15-11-12-3-4-12)17-9-5-13(6-10-17)16-7-1-2-8-16/h12-13H,1-11H2,(H,15,18). The number of amides is 2. The number of nitrogens with one attached hydrogen (secondary N) is 1. The van der Waals surface area contributed by atoms with Gasteiger partial charge >= 0.3 is 6.03 Å².